The maximum atomic E-state index is 13.9. The van der Waals surface area contributed by atoms with Crippen LogP contribution in [0, 0.1) is 0 Å². The van der Waals surface area contributed by atoms with Gasteiger partial charge in [-0.05, 0) is 36.6 Å². The molecule has 0 amide bonds. The number of carbonyl (C=O) groups excluding carboxylic acids is 1. The number of Topliss-reactive ketones (excluding diaryl/α,β-unsaturated/α-hetero) is 1. The van der Waals surface area contributed by atoms with E-state index in [1.807, 2.05) is 56.3 Å². The van der Waals surface area contributed by atoms with Crippen LogP contribution in [0.4, 0.5) is 5.69 Å². The van der Waals surface area contributed by atoms with Gasteiger partial charge in [0.1, 0.15) is 28.6 Å². The Kier molecular flexibility index (Phi) is 6.37. The lowest BCUT2D eigenvalue weighted by atomic mass is 9.67. The third kappa shape index (κ3) is 4.42. The molecule has 1 heterocycles. The van der Waals surface area contributed by atoms with Gasteiger partial charge in [-0.15, -0.1) is 4.40 Å². The van der Waals surface area contributed by atoms with E-state index in [1.54, 1.807) is 24.3 Å². The van der Waals surface area contributed by atoms with Crippen molar-refractivity contribution in [3.63, 3.8) is 0 Å². The zero-order chi connectivity index (χ0) is 26.2. The second-order valence-electron chi connectivity index (χ2n) is 9.51. The summed E-state index contributed by atoms with van der Waals surface area (Å²) in [7, 11) is -4.18. The fourth-order valence-electron chi connectivity index (χ4n) is 4.89. The number of rotatable bonds is 7. The fourth-order valence-corrected chi connectivity index (χ4v) is 6.03. The number of hydrogen-bond donors (Lipinski definition) is 2. The summed E-state index contributed by atoms with van der Waals surface area (Å²) >= 11 is 0. The van der Waals surface area contributed by atoms with E-state index in [-0.39, 0.29) is 40.1 Å². The van der Waals surface area contributed by atoms with E-state index in [0.29, 0.717) is 17.7 Å². The average molecular weight is 517 g/mol. The highest BCUT2D eigenvalue weighted by Crippen LogP contribution is 2.44. The maximum absolute atomic E-state index is 13.9. The monoisotopic (exact) mass is 516 g/mol. The molecule has 1 atom stereocenters. The van der Waals surface area contributed by atoms with Gasteiger partial charge in [0.15, 0.2) is 11.6 Å². The van der Waals surface area contributed by atoms with Crippen molar-refractivity contribution in [2.75, 3.05) is 5.32 Å². The molecule has 2 N–H and O–H groups in total. The van der Waals surface area contributed by atoms with Crippen LogP contribution < -0.4 is 10.1 Å². The lowest BCUT2D eigenvalue weighted by molar-refractivity contribution is -0.120. The average Bonchev–Trinajstić information content (AvgIpc) is 2.90. The predicted octanol–water partition coefficient (Wildman–Crippen LogP) is 5.78. The van der Waals surface area contributed by atoms with E-state index in [0.717, 1.165) is 24.0 Å². The molecular formula is C29H28N2O5S. The van der Waals surface area contributed by atoms with Crippen LogP contribution >= 0.6 is 0 Å². The molecule has 0 fully saturated rings. The number of unbranched alkanes of at least 4 members (excludes halogenated alkanes) is 1. The van der Waals surface area contributed by atoms with Gasteiger partial charge in [-0.25, -0.2) is 0 Å². The molecule has 190 valence electrons. The van der Waals surface area contributed by atoms with Crippen LogP contribution in [0.2, 0.25) is 0 Å². The number of fused-ring (bicyclic) bond motifs is 2. The highest BCUT2D eigenvalue weighted by atomic mass is 32.2. The van der Waals surface area contributed by atoms with Gasteiger partial charge in [0.2, 0.25) is 0 Å². The van der Waals surface area contributed by atoms with Crippen molar-refractivity contribution < 1.29 is 23.1 Å². The minimum absolute atomic E-state index is 0.0562. The number of anilines is 1. The molecule has 2 aliphatic rings. The van der Waals surface area contributed by atoms with Gasteiger partial charge < -0.3 is 15.2 Å². The van der Waals surface area contributed by atoms with Crippen molar-refractivity contribution in [1.29, 1.82) is 0 Å². The number of carbonyl (C=O) groups is 1. The number of aliphatic hydroxyl groups excluding tert-OH is 1. The van der Waals surface area contributed by atoms with Gasteiger partial charge in [0.05, 0.1) is 11.1 Å². The SMILES string of the molecule is CCCCC1(C)C(=O)C(C2=NS(=O)(=O)c3cc(OCc4ccccc4)ccc3N2)=C(O)c2ccccc21. The minimum Gasteiger partial charge on any atom is -0.506 e. The Labute approximate surface area is 216 Å². The fraction of sp³-hybridized carbons (Fsp3) is 0.241. The van der Waals surface area contributed by atoms with Crippen LogP contribution in [0.15, 0.2) is 87.7 Å². The molecule has 0 saturated carbocycles. The number of nitrogens with one attached hydrogen (secondary N) is 1. The first-order chi connectivity index (χ1) is 17.7. The first-order valence-electron chi connectivity index (χ1n) is 12.3. The molecule has 0 saturated heterocycles. The van der Waals surface area contributed by atoms with Crippen LogP contribution in [0.3, 0.4) is 0 Å². The zero-order valence-electron chi connectivity index (χ0n) is 20.7. The molecule has 0 bridgehead atoms. The molecule has 1 aliphatic carbocycles. The number of nitrogens with zero attached hydrogens (tertiary/aromatic N) is 1. The largest absolute Gasteiger partial charge is 0.506 e. The number of aliphatic hydroxyl groups is 1. The topological polar surface area (TPSA) is 105 Å². The second kappa shape index (κ2) is 9.52. The molecular weight excluding hydrogens is 488 g/mol. The smallest absolute Gasteiger partial charge is 0.286 e. The minimum atomic E-state index is -4.18. The van der Waals surface area contributed by atoms with Crippen LogP contribution in [0.25, 0.3) is 5.76 Å². The Morgan fingerprint density at radius 1 is 1.03 bits per heavy atom. The summed E-state index contributed by atoms with van der Waals surface area (Å²) in [5, 5.41) is 14.2. The Hall–Kier alpha value is -3.91. The van der Waals surface area contributed by atoms with Crippen LogP contribution in [0.1, 0.15) is 49.8 Å². The van der Waals surface area contributed by atoms with Gasteiger partial charge in [-0.3, -0.25) is 4.79 Å². The molecule has 37 heavy (non-hydrogen) atoms. The lowest BCUT2D eigenvalue weighted by Gasteiger charge is -2.36. The molecule has 8 heteroatoms. The number of ketones is 1. The lowest BCUT2D eigenvalue weighted by Crippen LogP contribution is -2.42. The highest BCUT2D eigenvalue weighted by molar-refractivity contribution is 7.90. The van der Waals surface area contributed by atoms with Crippen molar-refractivity contribution in [2.24, 2.45) is 4.40 Å². The van der Waals surface area contributed by atoms with Crippen molar-refractivity contribution in [3.05, 3.63) is 95.1 Å². The van der Waals surface area contributed by atoms with Crippen molar-refractivity contribution in [1.82, 2.24) is 0 Å². The number of sulfonamides is 1. The summed E-state index contributed by atoms with van der Waals surface area (Å²) in [5.74, 6) is -0.430. The van der Waals surface area contributed by atoms with Crippen LogP contribution in [-0.2, 0) is 26.8 Å². The highest BCUT2D eigenvalue weighted by Gasteiger charge is 2.46. The standard InChI is InChI=1S/C29H28N2O5S/c1-3-4-16-29(2)22-13-9-8-12-21(22)26(32)25(27(29)33)28-30-23-15-14-20(17-24(23)37(34,35)31-28)36-18-19-10-6-5-7-11-19/h5-15,17,32H,3-4,16,18H2,1-2H3,(H,30,31). The Balaban J connectivity index is 1.52. The van der Waals surface area contributed by atoms with Gasteiger partial charge in [0.25, 0.3) is 10.0 Å². The van der Waals surface area contributed by atoms with Gasteiger partial charge in [-0.1, -0.05) is 74.4 Å². The van der Waals surface area contributed by atoms with E-state index in [1.165, 1.54) is 6.07 Å². The van der Waals surface area contributed by atoms with E-state index in [2.05, 4.69) is 9.71 Å². The molecule has 3 aromatic carbocycles. The maximum Gasteiger partial charge on any atom is 0.286 e. The first kappa shape index (κ1) is 24.8. The summed E-state index contributed by atoms with van der Waals surface area (Å²) in [6.07, 6.45) is 2.26. The molecule has 0 aromatic heterocycles. The van der Waals surface area contributed by atoms with E-state index < -0.39 is 15.4 Å². The Bertz CT molecular complexity index is 1540. The molecule has 5 rings (SSSR count). The number of ether oxygens (including phenoxy) is 1. The molecule has 7 nitrogen and oxygen atoms in total. The molecule has 0 radical (unpaired) electrons. The predicted molar refractivity (Wildman–Crippen MR) is 143 cm³/mol. The van der Waals surface area contributed by atoms with Gasteiger partial charge >= 0.3 is 0 Å². The van der Waals surface area contributed by atoms with Crippen LogP contribution in [-0.4, -0.2) is 25.1 Å². The molecule has 0 spiro atoms. The third-order valence-electron chi connectivity index (χ3n) is 6.95. The zero-order valence-corrected chi connectivity index (χ0v) is 21.5. The summed E-state index contributed by atoms with van der Waals surface area (Å²) in [6, 6.07) is 21.4. The molecule has 3 aromatic rings. The number of benzene rings is 3. The normalized spacial score (nSPS) is 19.9. The summed E-state index contributed by atoms with van der Waals surface area (Å²) in [6.45, 7) is 4.18. The van der Waals surface area contributed by atoms with Crippen molar-refractivity contribution in [3.8, 4) is 5.75 Å². The van der Waals surface area contributed by atoms with E-state index >= 15 is 0 Å². The number of amidine groups is 1. The van der Waals surface area contributed by atoms with Gasteiger partial charge in [0, 0.05) is 11.6 Å². The summed E-state index contributed by atoms with van der Waals surface area (Å²) in [5.41, 5.74) is 1.42. The Morgan fingerprint density at radius 2 is 1.76 bits per heavy atom. The second-order valence-corrected chi connectivity index (χ2v) is 11.1. The van der Waals surface area contributed by atoms with Gasteiger partial charge in [-0.2, -0.15) is 8.42 Å². The van der Waals surface area contributed by atoms with Crippen LogP contribution in [0.5, 0.6) is 5.75 Å². The number of hydrogen-bond acceptors (Lipinski definition) is 6. The summed E-state index contributed by atoms with van der Waals surface area (Å²) < 4.78 is 36.2. The van der Waals surface area contributed by atoms with E-state index in [9.17, 15) is 18.3 Å². The van der Waals surface area contributed by atoms with E-state index in [4.69, 9.17) is 4.74 Å². The molecule has 1 unspecified atom stereocenters. The third-order valence-corrected chi connectivity index (χ3v) is 8.27. The van der Waals surface area contributed by atoms with Crippen molar-refractivity contribution in [2.45, 2.75) is 50.0 Å². The van der Waals surface area contributed by atoms with Crippen molar-refractivity contribution >= 4 is 33.1 Å². The quantitative estimate of drug-likeness (QED) is 0.413. The Morgan fingerprint density at radius 3 is 2.51 bits per heavy atom. The molecule has 1 aliphatic heterocycles. The first-order valence-corrected chi connectivity index (χ1v) is 13.7. The summed E-state index contributed by atoms with van der Waals surface area (Å²) in [4.78, 5) is 13.8.